The summed E-state index contributed by atoms with van der Waals surface area (Å²) in [7, 11) is 2.43. The van der Waals surface area contributed by atoms with E-state index in [1.54, 1.807) is 21.3 Å². The normalized spacial score (nSPS) is 13.1. The quantitative estimate of drug-likeness (QED) is 0.0470. The van der Waals surface area contributed by atoms with Crippen molar-refractivity contribution in [2.24, 2.45) is 0 Å². The lowest BCUT2D eigenvalue weighted by Crippen LogP contribution is -2.75. The highest BCUT2D eigenvalue weighted by molar-refractivity contribution is 7.97. The number of methoxy groups -OCH3 is 3. The van der Waals surface area contributed by atoms with Crippen LogP contribution in [0.15, 0.2) is 237 Å². The second-order valence-corrected chi connectivity index (χ2v) is 26.4. The Bertz CT molecular complexity index is 3860. The zero-order valence-corrected chi connectivity index (χ0v) is 52.7. The lowest BCUT2D eigenvalue weighted by Gasteiger charge is -2.46. The van der Waals surface area contributed by atoms with Gasteiger partial charge in [-0.15, -0.1) is 0 Å². The van der Waals surface area contributed by atoms with Gasteiger partial charge in [0.1, 0.15) is 46.6 Å². The van der Waals surface area contributed by atoms with Gasteiger partial charge in [-0.3, -0.25) is 0 Å². The van der Waals surface area contributed by atoms with E-state index in [9.17, 15) is 105 Å². The van der Waals surface area contributed by atoms with Gasteiger partial charge in [0.05, 0.1) is 65.8 Å². The van der Waals surface area contributed by atoms with Gasteiger partial charge < -0.3 is 14.2 Å². The van der Waals surface area contributed by atoms with Crippen LogP contribution in [0.25, 0.3) is 0 Å². The van der Waals surface area contributed by atoms with Crippen molar-refractivity contribution in [1.29, 1.82) is 0 Å². The summed E-state index contributed by atoms with van der Waals surface area (Å²) < 4.78 is 358. The molecule has 10 aromatic carbocycles. The van der Waals surface area contributed by atoms with Crippen LogP contribution in [0.3, 0.4) is 0 Å². The fraction of sp³-hybridized carbons (Fsp3) is 0.167. The van der Waals surface area contributed by atoms with Gasteiger partial charge in [-0.2, -0.15) is 127 Å². The van der Waals surface area contributed by atoms with Crippen molar-refractivity contribution >= 4 is 51.2 Å². The number of alkyl halides is 24. The molecule has 0 fully saturated rings. The number of ether oxygens (including phenoxy) is 3. The topological polar surface area (TPSA) is 27.7 Å². The SMILES string of the molecule is COc1ccc([P+](c2ccc(OC)cc2)(c2ccc(OC)cc2)C(c2ccccc2)(c2ccccc2)c2ccccc2)cc1.FC(F)(F)c1cc([B-](c2cc(C(F)(F)F)cc(C(F)(F)F)c2)(c2cc(C(F)(F)F)cc(C(F)(F)F)c2)c2cc(C(F)(F)F)cc(C(F)(F)F)c2)cc(C(F)(F)F)c1. The highest BCUT2D eigenvalue weighted by atomic mass is 31.2. The van der Waals surface area contributed by atoms with E-state index in [2.05, 4.69) is 164 Å². The van der Waals surface area contributed by atoms with E-state index in [0.29, 0.717) is 0 Å². The van der Waals surface area contributed by atoms with Crippen LogP contribution in [0.1, 0.15) is 61.2 Å². The number of benzene rings is 10. The highest BCUT2D eigenvalue weighted by Crippen LogP contribution is 2.75. The summed E-state index contributed by atoms with van der Waals surface area (Å²) in [4.78, 5) is 0. The number of hydrogen-bond donors (Lipinski definition) is 0. The molecule has 29 heteroatoms. The van der Waals surface area contributed by atoms with Gasteiger partial charge in [0, 0.05) is 16.7 Å². The molecule has 0 N–H and O–H groups in total. The van der Waals surface area contributed by atoms with Gasteiger partial charge in [0.2, 0.25) is 0 Å². The summed E-state index contributed by atoms with van der Waals surface area (Å²) in [6.07, 6.45) is -54.8. The summed E-state index contributed by atoms with van der Waals surface area (Å²) in [5, 5.41) is 3.05. The van der Waals surface area contributed by atoms with Crippen LogP contribution in [-0.2, 0) is 54.6 Å². The first-order valence-corrected chi connectivity index (χ1v) is 31.1. The van der Waals surface area contributed by atoms with Gasteiger partial charge >= 0.3 is 49.4 Å². The summed E-state index contributed by atoms with van der Waals surface area (Å²) in [5.74, 6) is 2.46. The summed E-state index contributed by atoms with van der Waals surface area (Å²) >= 11 is 0. The Morgan fingerprint density at radius 1 is 0.218 bits per heavy atom. The van der Waals surface area contributed by atoms with Crippen molar-refractivity contribution in [1.82, 2.24) is 0 Å². The zero-order chi connectivity index (χ0) is 74.3. The maximum absolute atomic E-state index is 14.2. The van der Waals surface area contributed by atoms with Crippen LogP contribution in [0.5, 0.6) is 17.2 Å². The van der Waals surface area contributed by atoms with Gasteiger partial charge in [0.15, 0.2) is 5.16 Å². The van der Waals surface area contributed by atoms with Crippen LogP contribution in [0.4, 0.5) is 105 Å². The van der Waals surface area contributed by atoms with Gasteiger partial charge in [-0.05, 0) is 97.1 Å². The largest absolute Gasteiger partial charge is 0.497 e. The zero-order valence-electron chi connectivity index (χ0n) is 51.8. The second-order valence-electron chi connectivity index (χ2n) is 22.8. The van der Waals surface area contributed by atoms with Gasteiger partial charge in [0.25, 0.3) is 0 Å². The molecule has 0 bridgehead atoms. The fourth-order valence-electron chi connectivity index (χ4n) is 12.6. The van der Waals surface area contributed by atoms with Crippen LogP contribution in [0, 0.1) is 0 Å². The first-order chi connectivity index (χ1) is 46.9. The maximum atomic E-state index is 14.2. The summed E-state index contributed by atoms with van der Waals surface area (Å²) in [5.41, 5.74) is -26.6. The average molecular weight is 1460 g/mol. The monoisotopic (exact) mass is 1460 g/mol. The third kappa shape index (κ3) is 15.2. The van der Waals surface area contributed by atoms with Crippen molar-refractivity contribution in [3.05, 3.63) is 298 Å². The molecule has 0 saturated carbocycles. The van der Waals surface area contributed by atoms with Crippen LogP contribution in [0.2, 0.25) is 0 Å². The third-order valence-electron chi connectivity index (χ3n) is 16.9. The maximum Gasteiger partial charge on any atom is 0.416 e. The molecule has 530 valence electrons. The molecule has 10 aromatic rings. The molecule has 101 heavy (non-hydrogen) atoms. The molecule has 0 unspecified atom stereocenters. The summed E-state index contributed by atoms with van der Waals surface area (Å²) in [6, 6.07) is 50.1. The summed E-state index contributed by atoms with van der Waals surface area (Å²) in [6.45, 7) is 0. The Balaban J connectivity index is 0.000000242. The second kappa shape index (κ2) is 27.7. The van der Waals surface area contributed by atoms with Crippen molar-refractivity contribution in [2.45, 2.75) is 54.6 Å². The van der Waals surface area contributed by atoms with Gasteiger partial charge in [-0.25, -0.2) is 0 Å². The molecular weight excluding hydrogens is 1410 g/mol. The molecule has 3 nitrogen and oxygen atoms in total. The molecule has 0 saturated heterocycles. The highest BCUT2D eigenvalue weighted by Gasteiger charge is 2.66. The van der Waals surface area contributed by atoms with Crippen molar-refractivity contribution in [3.8, 4) is 17.2 Å². The number of halogens is 24. The molecule has 0 radical (unpaired) electrons. The molecular formula is C72H48BF24O3P. The van der Waals surface area contributed by atoms with Gasteiger partial charge in [-0.1, -0.05) is 140 Å². The Labute approximate surface area is 559 Å². The smallest absolute Gasteiger partial charge is 0.416 e. The first kappa shape index (κ1) is 75.6. The molecule has 0 heterocycles. The number of hydrogen-bond acceptors (Lipinski definition) is 3. The van der Waals surface area contributed by atoms with E-state index in [0.717, 1.165) is 17.2 Å². The van der Waals surface area contributed by atoms with E-state index in [4.69, 9.17) is 14.2 Å². The predicted molar refractivity (Wildman–Crippen MR) is 334 cm³/mol. The molecule has 0 spiro atoms. The Morgan fingerprint density at radius 2 is 0.386 bits per heavy atom. The van der Waals surface area contributed by atoms with E-state index in [-0.39, 0.29) is 0 Å². The molecule has 0 amide bonds. The third-order valence-corrected chi connectivity index (χ3v) is 21.9. The molecule has 0 atom stereocenters. The average Bonchev–Trinajstić information content (AvgIpc) is 0.690. The van der Waals surface area contributed by atoms with Crippen molar-refractivity contribution < 1.29 is 120 Å². The van der Waals surface area contributed by atoms with Crippen LogP contribution >= 0.6 is 7.26 Å². The van der Waals surface area contributed by atoms with Crippen LogP contribution in [-0.4, -0.2) is 27.5 Å². The molecule has 0 aliphatic heterocycles. The van der Waals surface area contributed by atoms with Crippen molar-refractivity contribution in [2.75, 3.05) is 21.3 Å². The van der Waals surface area contributed by atoms with E-state index >= 15 is 0 Å². The Kier molecular flexibility index (Phi) is 20.8. The standard InChI is InChI=1S/C40H36O3P.C32H12BF24/c1-41-34-19-25-37(26-20-34)44(38-27-21-35(42-2)22-28-38,39-29-23-36(43-3)24-30-39)40(31-13-7-4-8-14-31,32-15-9-5-10-16-32)33-17-11-6-12-18-33;34-25(35,36)13-1-14(26(37,38)39)6-21(5-13)33(22-7-15(27(40,41)42)2-16(8-22)28(43,44)45,23-9-17(29(46,47)48)3-18(10-23)30(49,50)51)24-11-19(31(52,53)54)4-20(12-24)32(55,56)57/h4-30H,1-3H3;1-12H/q+1;-1. The molecule has 0 aliphatic rings. The minimum atomic E-state index is -6.13. The predicted octanol–water partition coefficient (Wildman–Crippen LogP) is 19.2. The Hall–Kier alpha value is -9.59. The minimum absolute atomic E-state index is 0.630. The van der Waals surface area contributed by atoms with E-state index in [1.807, 2.05) is 0 Å². The lowest BCUT2D eigenvalue weighted by molar-refractivity contribution is -0.144. The van der Waals surface area contributed by atoms with Crippen molar-refractivity contribution in [3.63, 3.8) is 0 Å². The molecule has 0 aromatic heterocycles. The van der Waals surface area contributed by atoms with E-state index in [1.165, 1.54) is 32.6 Å². The lowest BCUT2D eigenvalue weighted by atomic mass is 9.12. The fourth-order valence-corrected chi connectivity index (χ4v) is 18.1. The Morgan fingerprint density at radius 3 is 0.535 bits per heavy atom. The first-order valence-electron chi connectivity index (χ1n) is 29.3. The van der Waals surface area contributed by atoms with E-state index < -0.39 is 207 Å². The molecule has 0 aliphatic carbocycles. The molecule has 10 rings (SSSR count). The minimum Gasteiger partial charge on any atom is -0.497 e. The number of rotatable bonds is 14. The van der Waals surface area contributed by atoms with Crippen LogP contribution < -0.4 is 52.0 Å².